The Labute approximate surface area is 108 Å². The predicted molar refractivity (Wildman–Crippen MR) is 66.4 cm³/mol. The molecule has 0 radical (unpaired) electrons. The van der Waals surface area contributed by atoms with Gasteiger partial charge in [-0.25, -0.2) is 9.78 Å². The Morgan fingerprint density at radius 1 is 1.50 bits per heavy atom. The topological polar surface area (TPSA) is 68.7 Å². The zero-order chi connectivity index (χ0) is 13.0. The summed E-state index contributed by atoms with van der Waals surface area (Å²) in [6.07, 6.45) is 1.62. The summed E-state index contributed by atoms with van der Waals surface area (Å²) in [6.45, 7) is 0.216. The number of methoxy groups -OCH3 is 1. The fraction of sp³-hybridized carbons (Fsp3) is 0.167. The largest absolute Gasteiger partial charge is 0.487 e. The molecule has 0 amide bonds. The van der Waals surface area contributed by atoms with Crippen LogP contribution in [0.3, 0.4) is 0 Å². The molecule has 2 heterocycles. The molecule has 94 valence electrons. The van der Waals surface area contributed by atoms with E-state index in [4.69, 9.17) is 14.6 Å². The second-order valence-corrected chi connectivity index (χ2v) is 4.30. The van der Waals surface area contributed by atoms with E-state index in [0.717, 1.165) is 16.9 Å². The van der Waals surface area contributed by atoms with E-state index < -0.39 is 5.97 Å². The van der Waals surface area contributed by atoms with E-state index in [9.17, 15) is 4.79 Å². The van der Waals surface area contributed by atoms with Crippen molar-refractivity contribution in [1.29, 1.82) is 0 Å². The normalized spacial score (nSPS) is 10.1. The Bertz CT molecular complexity index is 553. The summed E-state index contributed by atoms with van der Waals surface area (Å²) in [5.41, 5.74) is 0.766. The second-order valence-electron chi connectivity index (χ2n) is 3.38. The molecule has 0 aliphatic carbocycles. The van der Waals surface area contributed by atoms with Crippen molar-refractivity contribution in [3.63, 3.8) is 0 Å². The van der Waals surface area contributed by atoms with Crippen LogP contribution in [0.25, 0.3) is 0 Å². The third-order valence-corrected chi connectivity index (χ3v) is 3.13. The van der Waals surface area contributed by atoms with Gasteiger partial charge in [-0.05, 0) is 23.6 Å². The van der Waals surface area contributed by atoms with Gasteiger partial charge in [0.05, 0.1) is 12.7 Å². The Morgan fingerprint density at radius 3 is 3.06 bits per heavy atom. The Morgan fingerprint density at radius 2 is 2.33 bits per heavy atom. The highest BCUT2D eigenvalue weighted by molar-refractivity contribution is 7.12. The van der Waals surface area contributed by atoms with Gasteiger partial charge in [-0.15, -0.1) is 11.3 Å². The molecular weight excluding hydrogens is 254 g/mol. The summed E-state index contributed by atoms with van der Waals surface area (Å²) in [5, 5.41) is 10.6. The van der Waals surface area contributed by atoms with Crippen molar-refractivity contribution in [2.75, 3.05) is 7.11 Å². The first-order valence-electron chi connectivity index (χ1n) is 5.14. The van der Waals surface area contributed by atoms with Crippen LogP contribution in [0.15, 0.2) is 29.8 Å². The summed E-state index contributed by atoms with van der Waals surface area (Å²) >= 11 is 1.13. The predicted octanol–water partition coefficient (Wildman–Crippen LogP) is 2.43. The lowest BCUT2D eigenvalue weighted by atomic mass is 10.3. The number of rotatable bonds is 5. The van der Waals surface area contributed by atoms with Gasteiger partial charge >= 0.3 is 5.97 Å². The fourth-order valence-corrected chi connectivity index (χ4v) is 2.11. The number of carboxylic acids is 1. The van der Waals surface area contributed by atoms with Crippen LogP contribution in [0.1, 0.15) is 15.2 Å². The monoisotopic (exact) mass is 265 g/mol. The summed E-state index contributed by atoms with van der Waals surface area (Å²) in [4.78, 5) is 15.1. The van der Waals surface area contributed by atoms with Gasteiger partial charge in [-0.3, -0.25) is 0 Å². The van der Waals surface area contributed by atoms with Crippen LogP contribution >= 0.6 is 11.3 Å². The molecule has 1 N–H and O–H groups in total. The molecule has 18 heavy (non-hydrogen) atoms. The Kier molecular flexibility index (Phi) is 3.78. The maximum absolute atomic E-state index is 10.9. The van der Waals surface area contributed by atoms with Crippen molar-refractivity contribution in [3.05, 3.63) is 40.2 Å². The number of carboxylic acid groups (broad SMARTS) is 1. The number of carbonyl (C=O) groups is 1. The van der Waals surface area contributed by atoms with E-state index in [0.29, 0.717) is 11.6 Å². The standard InChI is InChI=1S/C12H11NO4S/c1-16-11-8(3-2-5-13-11)7-17-9-4-6-18-10(9)12(14)15/h2-6H,7H2,1H3,(H,14,15). The van der Waals surface area contributed by atoms with Gasteiger partial charge in [-0.2, -0.15) is 0 Å². The van der Waals surface area contributed by atoms with E-state index in [-0.39, 0.29) is 11.5 Å². The number of hydrogen-bond donors (Lipinski definition) is 1. The van der Waals surface area contributed by atoms with Crippen LogP contribution in [-0.4, -0.2) is 23.2 Å². The molecule has 0 saturated carbocycles. The Hall–Kier alpha value is -2.08. The third-order valence-electron chi connectivity index (χ3n) is 2.25. The highest BCUT2D eigenvalue weighted by atomic mass is 32.1. The molecule has 0 unspecified atom stereocenters. The summed E-state index contributed by atoms with van der Waals surface area (Å²) in [5.74, 6) is -0.152. The van der Waals surface area contributed by atoms with Crippen LogP contribution < -0.4 is 9.47 Å². The van der Waals surface area contributed by atoms with Gasteiger partial charge in [0.15, 0.2) is 4.88 Å². The molecule has 0 aromatic carbocycles. The minimum atomic E-state index is -0.988. The minimum Gasteiger partial charge on any atom is -0.487 e. The Balaban J connectivity index is 2.11. The van der Waals surface area contributed by atoms with Gasteiger partial charge in [0.2, 0.25) is 5.88 Å². The fourth-order valence-electron chi connectivity index (χ4n) is 1.44. The zero-order valence-electron chi connectivity index (χ0n) is 9.62. The molecule has 0 fully saturated rings. The molecule has 0 saturated heterocycles. The molecule has 2 aromatic heterocycles. The number of aromatic carboxylic acids is 1. The maximum Gasteiger partial charge on any atom is 0.349 e. The van der Waals surface area contributed by atoms with Crippen molar-refractivity contribution in [2.24, 2.45) is 0 Å². The van der Waals surface area contributed by atoms with Crippen LogP contribution in [0.4, 0.5) is 0 Å². The quantitative estimate of drug-likeness (QED) is 0.899. The molecule has 0 aliphatic rings. The molecule has 0 spiro atoms. The van der Waals surface area contributed by atoms with Crippen LogP contribution in [0, 0.1) is 0 Å². The van der Waals surface area contributed by atoms with E-state index in [1.165, 1.54) is 7.11 Å². The number of aromatic nitrogens is 1. The third kappa shape index (κ3) is 2.60. The lowest BCUT2D eigenvalue weighted by molar-refractivity contribution is 0.0697. The molecule has 0 aliphatic heterocycles. The number of nitrogens with zero attached hydrogens (tertiary/aromatic N) is 1. The van der Waals surface area contributed by atoms with Crippen LogP contribution in [-0.2, 0) is 6.61 Å². The van der Waals surface area contributed by atoms with E-state index >= 15 is 0 Å². The number of hydrogen-bond acceptors (Lipinski definition) is 5. The molecule has 2 aromatic rings. The van der Waals surface area contributed by atoms with E-state index in [1.54, 1.807) is 23.7 Å². The van der Waals surface area contributed by atoms with Crippen LogP contribution in [0.2, 0.25) is 0 Å². The van der Waals surface area contributed by atoms with Gasteiger partial charge in [0.1, 0.15) is 12.4 Å². The second kappa shape index (κ2) is 5.50. The first-order chi connectivity index (χ1) is 8.72. The number of ether oxygens (including phenoxy) is 2. The van der Waals surface area contributed by atoms with Gasteiger partial charge in [0.25, 0.3) is 0 Å². The first kappa shape index (κ1) is 12.4. The highest BCUT2D eigenvalue weighted by Gasteiger charge is 2.13. The van der Waals surface area contributed by atoms with Crippen molar-refractivity contribution >= 4 is 17.3 Å². The van der Waals surface area contributed by atoms with Crippen LogP contribution in [0.5, 0.6) is 11.6 Å². The van der Waals surface area contributed by atoms with Gasteiger partial charge < -0.3 is 14.6 Å². The van der Waals surface area contributed by atoms with Crippen molar-refractivity contribution in [2.45, 2.75) is 6.61 Å². The zero-order valence-corrected chi connectivity index (χ0v) is 10.4. The summed E-state index contributed by atoms with van der Waals surface area (Å²) in [6, 6.07) is 5.22. The van der Waals surface area contributed by atoms with E-state index in [2.05, 4.69) is 4.98 Å². The van der Waals surface area contributed by atoms with Crippen molar-refractivity contribution in [1.82, 2.24) is 4.98 Å². The molecule has 0 bridgehead atoms. The molecular formula is C12H11NO4S. The average Bonchev–Trinajstić information content (AvgIpc) is 2.85. The highest BCUT2D eigenvalue weighted by Crippen LogP contribution is 2.26. The molecule has 0 atom stereocenters. The molecule has 6 heteroatoms. The first-order valence-corrected chi connectivity index (χ1v) is 6.02. The van der Waals surface area contributed by atoms with Crippen molar-refractivity contribution < 1.29 is 19.4 Å². The molecule has 2 rings (SSSR count). The smallest absolute Gasteiger partial charge is 0.349 e. The lowest BCUT2D eigenvalue weighted by Crippen LogP contribution is -2.02. The molecule has 5 nitrogen and oxygen atoms in total. The lowest BCUT2D eigenvalue weighted by Gasteiger charge is -2.08. The average molecular weight is 265 g/mol. The number of thiophene rings is 1. The summed E-state index contributed by atoms with van der Waals surface area (Å²) in [7, 11) is 1.53. The van der Waals surface area contributed by atoms with Gasteiger partial charge in [-0.1, -0.05) is 0 Å². The maximum atomic E-state index is 10.9. The number of pyridine rings is 1. The SMILES string of the molecule is COc1ncccc1COc1ccsc1C(=O)O. The minimum absolute atomic E-state index is 0.192. The van der Waals surface area contributed by atoms with Gasteiger partial charge in [0, 0.05) is 6.20 Å². The van der Waals surface area contributed by atoms with E-state index in [1.807, 2.05) is 6.07 Å². The van der Waals surface area contributed by atoms with Crippen molar-refractivity contribution in [3.8, 4) is 11.6 Å². The summed E-state index contributed by atoms with van der Waals surface area (Å²) < 4.78 is 10.6.